The van der Waals surface area contributed by atoms with Crippen molar-refractivity contribution < 1.29 is 14.7 Å². The fourth-order valence-corrected chi connectivity index (χ4v) is 2.25. The molecule has 0 aromatic heterocycles. The molecule has 1 aromatic rings. The zero-order valence-corrected chi connectivity index (χ0v) is 13.0. The van der Waals surface area contributed by atoms with Crippen LogP contribution in [0.1, 0.15) is 24.2 Å². The highest BCUT2D eigenvalue weighted by Crippen LogP contribution is 2.16. The molecule has 0 saturated carbocycles. The number of amides is 2. The van der Waals surface area contributed by atoms with Gasteiger partial charge >= 0.3 is 12.0 Å². The van der Waals surface area contributed by atoms with Crippen LogP contribution >= 0.6 is 0 Å². The molecule has 0 aliphatic carbocycles. The molecule has 0 spiro atoms. The fraction of sp³-hybridized carbons (Fsp3) is 0.467. The van der Waals surface area contributed by atoms with Gasteiger partial charge in [0.05, 0.1) is 11.3 Å². The molecule has 0 heterocycles. The maximum absolute atomic E-state index is 12.3. The third-order valence-corrected chi connectivity index (χ3v) is 3.16. The number of nitrogens with one attached hydrogen (secondary N) is 1. The van der Waals surface area contributed by atoms with E-state index in [9.17, 15) is 9.59 Å². The number of nitrogens with zero attached hydrogens (tertiary/aromatic N) is 2. The Kier molecular flexibility index (Phi) is 6.17. The summed E-state index contributed by atoms with van der Waals surface area (Å²) in [5, 5.41) is 11.8. The number of anilines is 1. The summed E-state index contributed by atoms with van der Waals surface area (Å²) in [6, 6.07) is 6.12. The maximum atomic E-state index is 12.3. The van der Waals surface area contributed by atoms with Crippen molar-refractivity contribution in [3.05, 3.63) is 29.8 Å². The lowest BCUT2D eigenvalue weighted by Crippen LogP contribution is -2.45. The molecule has 0 aliphatic rings. The summed E-state index contributed by atoms with van der Waals surface area (Å²) in [4.78, 5) is 27.2. The van der Waals surface area contributed by atoms with Gasteiger partial charge < -0.3 is 20.2 Å². The minimum atomic E-state index is -1.06. The highest BCUT2D eigenvalue weighted by atomic mass is 16.4. The Labute approximate surface area is 125 Å². The van der Waals surface area contributed by atoms with Crippen LogP contribution in [0.4, 0.5) is 10.5 Å². The molecule has 0 fully saturated rings. The Morgan fingerprint density at radius 2 is 1.90 bits per heavy atom. The zero-order valence-electron chi connectivity index (χ0n) is 13.0. The van der Waals surface area contributed by atoms with E-state index in [1.807, 2.05) is 32.8 Å². The number of urea groups is 1. The standard InChI is InChI=1S/C15H23N3O3/c1-5-18(11(2)10-17(3)4)15(21)16-13-9-7-6-8-12(13)14(19)20/h6-9,11H,5,10H2,1-4H3,(H,16,21)(H,19,20). The first-order chi connectivity index (χ1) is 9.86. The first-order valence-electron chi connectivity index (χ1n) is 6.91. The number of hydrogen-bond donors (Lipinski definition) is 2. The van der Waals surface area contributed by atoms with Gasteiger partial charge in [0.2, 0.25) is 0 Å². The molecule has 1 rings (SSSR count). The molecule has 0 saturated heterocycles. The quantitative estimate of drug-likeness (QED) is 0.843. The third kappa shape index (κ3) is 4.75. The summed E-state index contributed by atoms with van der Waals surface area (Å²) in [6.45, 7) is 5.15. The molecular formula is C15H23N3O3. The molecule has 6 heteroatoms. The molecule has 0 aliphatic heterocycles. The third-order valence-electron chi connectivity index (χ3n) is 3.16. The minimum absolute atomic E-state index is 0.0296. The molecule has 1 atom stereocenters. The molecule has 2 N–H and O–H groups in total. The molecule has 6 nitrogen and oxygen atoms in total. The van der Waals surface area contributed by atoms with E-state index in [2.05, 4.69) is 5.32 Å². The Morgan fingerprint density at radius 1 is 1.29 bits per heavy atom. The van der Waals surface area contributed by atoms with E-state index in [4.69, 9.17) is 5.11 Å². The van der Waals surface area contributed by atoms with Gasteiger partial charge in [0.1, 0.15) is 0 Å². The first-order valence-corrected chi connectivity index (χ1v) is 6.91. The molecule has 21 heavy (non-hydrogen) atoms. The van der Waals surface area contributed by atoms with E-state index >= 15 is 0 Å². The van der Waals surface area contributed by atoms with Crippen molar-refractivity contribution in [3.8, 4) is 0 Å². The number of rotatable bonds is 6. The lowest BCUT2D eigenvalue weighted by Gasteiger charge is -2.30. The zero-order chi connectivity index (χ0) is 16.0. The SMILES string of the molecule is CCN(C(=O)Nc1ccccc1C(=O)O)C(C)CN(C)C. The van der Waals surface area contributed by atoms with Gasteiger partial charge in [-0.2, -0.15) is 0 Å². The van der Waals surface area contributed by atoms with Crippen LogP contribution in [0.3, 0.4) is 0 Å². The van der Waals surface area contributed by atoms with Gasteiger partial charge in [-0.3, -0.25) is 0 Å². The van der Waals surface area contributed by atoms with E-state index in [0.717, 1.165) is 6.54 Å². The smallest absolute Gasteiger partial charge is 0.337 e. The van der Waals surface area contributed by atoms with Crippen molar-refractivity contribution in [2.24, 2.45) is 0 Å². The van der Waals surface area contributed by atoms with Crippen LogP contribution in [0.2, 0.25) is 0 Å². The Balaban J connectivity index is 2.86. The Hall–Kier alpha value is -2.08. The maximum Gasteiger partial charge on any atom is 0.337 e. The predicted octanol–water partition coefficient (Wildman–Crippen LogP) is 2.19. The van der Waals surface area contributed by atoms with Crippen molar-refractivity contribution in [2.75, 3.05) is 32.5 Å². The van der Waals surface area contributed by atoms with Crippen molar-refractivity contribution in [1.82, 2.24) is 9.80 Å². The summed E-state index contributed by atoms with van der Waals surface area (Å²) in [6.07, 6.45) is 0. The largest absolute Gasteiger partial charge is 0.478 e. The van der Waals surface area contributed by atoms with E-state index in [0.29, 0.717) is 12.2 Å². The van der Waals surface area contributed by atoms with Crippen LogP contribution in [0.5, 0.6) is 0 Å². The highest BCUT2D eigenvalue weighted by Gasteiger charge is 2.20. The predicted molar refractivity (Wildman–Crippen MR) is 82.8 cm³/mol. The Bertz CT molecular complexity index is 503. The number of aromatic carboxylic acids is 1. The van der Waals surface area contributed by atoms with Crippen molar-refractivity contribution in [1.29, 1.82) is 0 Å². The van der Waals surface area contributed by atoms with E-state index < -0.39 is 5.97 Å². The minimum Gasteiger partial charge on any atom is -0.478 e. The van der Waals surface area contributed by atoms with Gasteiger partial charge in [-0.15, -0.1) is 0 Å². The normalized spacial score (nSPS) is 12.0. The number of benzene rings is 1. The van der Waals surface area contributed by atoms with Crippen LogP contribution in [0.15, 0.2) is 24.3 Å². The second-order valence-corrected chi connectivity index (χ2v) is 5.18. The van der Waals surface area contributed by atoms with Gasteiger partial charge in [-0.25, -0.2) is 9.59 Å². The van der Waals surface area contributed by atoms with Crippen molar-refractivity contribution >= 4 is 17.7 Å². The number of carbonyl (C=O) groups excluding carboxylic acids is 1. The molecular weight excluding hydrogens is 270 g/mol. The first kappa shape index (κ1) is 17.0. The number of hydrogen-bond acceptors (Lipinski definition) is 3. The number of para-hydroxylation sites is 1. The summed E-state index contributed by atoms with van der Waals surface area (Å²) in [5.74, 6) is -1.06. The van der Waals surface area contributed by atoms with E-state index in [-0.39, 0.29) is 17.6 Å². The number of carbonyl (C=O) groups is 2. The van der Waals surface area contributed by atoms with Crippen molar-refractivity contribution in [2.45, 2.75) is 19.9 Å². The monoisotopic (exact) mass is 293 g/mol. The van der Waals surface area contributed by atoms with Crippen LogP contribution in [0, 0.1) is 0 Å². The van der Waals surface area contributed by atoms with E-state index in [1.165, 1.54) is 6.07 Å². The van der Waals surface area contributed by atoms with Crippen LogP contribution in [-0.4, -0.2) is 60.1 Å². The van der Waals surface area contributed by atoms with Crippen molar-refractivity contribution in [3.63, 3.8) is 0 Å². The lowest BCUT2D eigenvalue weighted by atomic mass is 10.2. The molecule has 0 bridgehead atoms. The molecule has 1 aromatic carbocycles. The van der Waals surface area contributed by atoms with Gasteiger partial charge in [-0.1, -0.05) is 12.1 Å². The van der Waals surface area contributed by atoms with Gasteiger partial charge in [0.25, 0.3) is 0 Å². The summed E-state index contributed by atoms with van der Waals surface area (Å²) in [7, 11) is 3.89. The number of carboxylic acids is 1. The lowest BCUT2D eigenvalue weighted by molar-refractivity contribution is 0.0698. The molecule has 116 valence electrons. The Morgan fingerprint density at radius 3 is 2.43 bits per heavy atom. The summed E-state index contributed by atoms with van der Waals surface area (Å²) < 4.78 is 0. The van der Waals surface area contributed by atoms with Gasteiger partial charge in [-0.05, 0) is 40.1 Å². The second-order valence-electron chi connectivity index (χ2n) is 5.18. The van der Waals surface area contributed by atoms with Crippen LogP contribution < -0.4 is 5.32 Å². The topological polar surface area (TPSA) is 72.9 Å². The van der Waals surface area contributed by atoms with E-state index in [1.54, 1.807) is 23.1 Å². The average Bonchev–Trinajstić information content (AvgIpc) is 2.38. The molecule has 0 radical (unpaired) electrons. The van der Waals surface area contributed by atoms with Crippen LogP contribution in [0.25, 0.3) is 0 Å². The van der Waals surface area contributed by atoms with Gasteiger partial charge in [0, 0.05) is 19.1 Å². The highest BCUT2D eigenvalue weighted by molar-refractivity contribution is 6.00. The summed E-state index contributed by atoms with van der Waals surface area (Å²) >= 11 is 0. The number of carboxylic acid groups (broad SMARTS) is 1. The molecule has 2 amide bonds. The second kappa shape index (κ2) is 7.64. The average molecular weight is 293 g/mol. The number of likely N-dealkylation sites (N-methyl/N-ethyl adjacent to an activating group) is 2. The van der Waals surface area contributed by atoms with Crippen LogP contribution in [-0.2, 0) is 0 Å². The van der Waals surface area contributed by atoms with Gasteiger partial charge in [0.15, 0.2) is 0 Å². The summed E-state index contributed by atoms with van der Waals surface area (Å²) in [5.41, 5.74) is 0.396. The molecule has 1 unspecified atom stereocenters. The fourth-order valence-electron chi connectivity index (χ4n) is 2.25.